The maximum Gasteiger partial charge on any atom is 0.246 e. The molecule has 0 saturated heterocycles. The quantitative estimate of drug-likeness (QED) is 0.673. The Bertz CT molecular complexity index is 355. The van der Waals surface area contributed by atoms with Crippen molar-refractivity contribution in [3.05, 3.63) is 5.82 Å². The highest BCUT2D eigenvalue weighted by Crippen LogP contribution is 2.03. The third kappa shape index (κ3) is 2.11. The normalized spacial score (nSPS) is 9.77. The molecule has 1 aromatic heterocycles. The molecule has 1 amide bonds. The Hall–Kier alpha value is -1.72. The van der Waals surface area contributed by atoms with Gasteiger partial charge in [-0.05, 0) is 6.92 Å². The van der Waals surface area contributed by atoms with E-state index in [1.165, 1.54) is 13.8 Å². The predicted molar refractivity (Wildman–Crippen MR) is 45.4 cm³/mol. The zero-order chi connectivity index (χ0) is 10.0. The van der Waals surface area contributed by atoms with E-state index in [0.717, 1.165) is 4.68 Å². The topological polar surface area (TPSA) is 76.9 Å². The van der Waals surface area contributed by atoms with Crippen LogP contribution >= 0.6 is 0 Å². The smallest absolute Gasteiger partial charge is 0.246 e. The van der Waals surface area contributed by atoms with E-state index in [4.69, 9.17) is 0 Å². The lowest BCUT2D eigenvalue weighted by atomic mass is 10.6. The SMILES string of the molecule is CC(=O)Nc1nc(C)nn1C(C)=O. The van der Waals surface area contributed by atoms with Crippen LogP contribution in [-0.2, 0) is 4.79 Å². The second kappa shape index (κ2) is 3.34. The highest BCUT2D eigenvalue weighted by molar-refractivity contribution is 5.89. The number of hydrogen-bond acceptors (Lipinski definition) is 4. The first-order chi connectivity index (χ1) is 6.00. The minimum Gasteiger partial charge on any atom is -0.295 e. The summed E-state index contributed by atoms with van der Waals surface area (Å²) in [6.45, 7) is 4.33. The number of carbonyl (C=O) groups excluding carboxylic acids is 2. The zero-order valence-corrected chi connectivity index (χ0v) is 7.66. The van der Waals surface area contributed by atoms with Crippen LogP contribution in [0.15, 0.2) is 0 Å². The molecule has 0 radical (unpaired) electrons. The molecular weight excluding hydrogens is 172 g/mol. The number of rotatable bonds is 1. The molecule has 0 fully saturated rings. The molecule has 1 aromatic rings. The molecular formula is C7H10N4O2. The van der Waals surface area contributed by atoms with E-state index in [1.807, 2.05) is 0 Å². The van der Waals surface area contributed by atoms with Crippen molar-refractivity contribution in [1.29, 1.82) is 0 Å². The minimum absolute atomic E-state index is 0.164. The number of amides is 1. The van der Waals surface area contributed by atoms with Crippen molar-refractivity contribution in [2.75, 3.05) is 5.32 Å². The summed E-state index contributed by atoms with van der Waals surface area (Å²) in [4.78, 5) is 25.5. The summed E-state index contributed by atoms with van der Waals surface area (Å²) in [6.07, 6.45) is 0. The van der Waals surface area contributed by atoms with Gasteiger partial charge < -0.3 is 0 Å². The largest absolute Gasteiger partial charge is 0.295 e. The monoisotopic (exact) mass is 182 g/mol. The summed E-state index contributed by atoms with van der Waals surface area (Å²) in [6, 6.07) is 0. The number of nitrogens with zero attached hydrogens (tertiary/aromatic N) is 3. The Balaban J connectivity index is 3.04. The Kier molecular flexibility index (Phi) is 2.41. The molecule has 1 heterocycles. The van der Waals surface area contributed by atoms with Gasteiger partial charge in [-0.2, -0.15) is 9.67 Å². The summed E-state index contributed by atoms with van der Waals surface area (Å²) in [7, 11) is 0. The molecule has 1 rings (SSSR count). The molecule has 13 heavy (non-hydrogen) atoms. The van der Waals surface area contributed by atoms with Gasteiger partial charge in [0, 0.05) is 13.8 Å². The van der Waals surface area contributed by atoms with E-state index in [9.17, 15) is 9.59 Å². The summed E-state index contributed by atoms with van der Waals surface area (Å²) >= 11 is 0. The molecule has 0 bridgehead atoms. The van der Waals surface area contributed by atoms with E-state index >= 15 is 0 Å². The van der Waals surface area contributed by atoms with Gasteiger partial charge in [-0.1, -0.05) is 0 Å². The standard InChI is InChI=1S/C7H10N4O2/c1-4-8-7(9-5(2)12)11(10-4)6(3)13/h1-3H3,(H,8,9,10,12). The fourth-order valence-electron chi connectivity index (χ4n) is 0.873. The van der Waals surface area contributed by atoms with E-state index in [2.05, 4.69) is 15.4 Å². The highest BCUT2D eigenvalue weighted by atomic mass is 16.2. The van der Waals surface area contributed by atoms with Crippen molar-refractivity contribution < 1.29 is 9.59 Å². The second-order valence-electron chi connectivity index (χ2n) is 2.59. The molecule has 6 heteroatoms. The third-order valence-corrected chi connectivity index (χ3v) is 1.30. The maximum atomic E-state index is 11.0. The first-order valence-electron chi connectivity index (χ1n) is 3.73. The molecule has 1 N–H and O–H groups in total. The van der Waals surface area contributed by atoms with E-state index in [0.29, 0.717) is 5.82 Å². The Labute approximate surface area is 75.0 Å². The number of aromatic nitrogens is 3. The van der Waals surface area contributed by atoms with Gasteiger partial charge in [0.05, 0.1) is 0 Å². The number of nitrogens with one attached hydrogen (secondary N) is 1. The van der Waals surface area contributed by atoms with Crippen LogP contribution in [0.3, 0.4) is 0 Å². The number of aryl methyl sites for hydroxylation is 1. The van der Waals surface area contributed by atoms with Gasteiger partial charge in [0.15, 0.2) is 0 Å². The van der Waals surface area contributed by atoms with Crippen molar-refractivity contribution in [3.63, 3.8) is 0 Å². The van der Waals surface area contributed by atoms with Gasteiger partial charge in [-0.3, -0.25) is 14.9 Å². The summed E-state index contributed by atoms with van der Waals surface area (Å²) in [5, 5.41) is 6.21. The van der Waals surface area contributed by atoms with Gasteiger partial charge in [0.25, 0.3) is 0 Å². The van der Waals surface area contributed by atoms with Crippen LogP contribution in [0.25, 0.3) is 0 Å². The first-order valence-corrected chi connectivity index (χ1v) is 3.73. The molecule has 0 unspecified atom stereocenters. The van der Waals surface area contributed by atoms with E-state index in [1.54, 1.807) is 6.92 Å². The van der Waals surface area contributed by atoms with Crippen LogP contribution in [0.5, 0.6) is 0 Å². The van der Waals surface area contributed by atoms with Crippen LogP contribution in [-0.4, -0.2) is 26.6 Å². The van der Waals surface area contributed by atoms with Crippen LogP contribution in [0.2, 0.25) is 0 Å². The van der Waals surface area contributed by atoms with Gasteiger partial charge in [0.2, 0.25) is 17.8 Å². The second-order valence-corrected chi connectivity index (χ2v) is 2.59. The van der Waals surface area contributed by atoms with Crippen LogP contribution in [0.4, 0.5) is 5.95 Å². The molecule has 0 aliphatic rings. The van der Waals surface area contributed by atoms with Crippen molar-refractivity contribution in [3.8, 4) is 0 Å². The van der Waals surface area contributed by atoms with E-state index in [-0.39, 0.29) is 17.8 Å². The maximum absolute atomic E-state index is 11.0. The lowest BCUT2D eigenvalue weighted by Crippen LogP contribution is -2.16. The summed E-state index contributed by atoms with van der Waals surface area (Å²) < 4.78 is 1.05. The molecule has 0 atom stereocenters. The number of hydrogen-bond donors (Lipinski definition) is 1. The average Bonchev–Trinajstić information content (AvgIpc) is 2.29. The predicted octanol–water partition coefficient (Wildman–Crippen LogP) is 0.205. The number of anilines is 1. The zero-order valence-electron chi connectivity index (χ0n) is 7.66. The van der Waals surface area contributed by atoms with Gasteiger partial charge in [-0.15, -0.1) is 5.10 Å². The van der Waals surface area contributed by atoms with Crippen LogP contribution in [0.1, 0.15) is 24.5 Å². The molecule has 0 aromatic carbocycles. The first kappa shape index (κ1) is 9.37. The van der Waals surface area contributed by atoms with Crippen LogP contribution in [0, 0.1) is 6.92 Å². The molecule has 0 spiro atoms. The molecule has 0 aliphatic heterocycles. The van der Waals surface area contributed by atoms with Crippen molar-refractivity contribution in [1.82, 2.24) is 14.8 Å². The average molecular weight is 182 g/mol. The summed E-state index contributed by atoms with van der Waals surface area (Å²) in [5.74, 6) is 0.0377. The summed E-state index contributed by atoms with van der Waals surface area (Å²) in [5.41, 5.74) is 0. The fraction of sp³-hybridized carbons (Fsp3) is 0.429. The Morgan fingerprint density at radius 3 is 2.46 bits per heavy atom. The van der Waals surface area contributed by atoms with Crippen LogP contribution < -0.4 is 5.32 Å². The van der Waals surface area contributed by atoms with Gasteiger partial charge >= 0.3 is 0 Å². The Morgan fingerprint density at radius 1 is 1.38 bits per heavy atom. The lowest BCUT2D eigenvalue weighted by Gasteiger charge is -1.99. The van der Waals surface area contributed by atoms with Crippen molar-refractivity contribution in [2.45, 2.75) is 20.8 Å². The van der Waals surface area contributed by atoms with Gasteiger partial charge in [-0.25, -0.2) is 0 Å². The minimum atomic E-state index is -0.288. The fourth-order valence-corrected chi connectivity index (χ4v) is 0.873. The highest BCUT2D eigenvalue weighted by Gasteiger charge is 2.11. The molecule has 0 aliphatic carbocycles. The molecule has 0 saturated carbocycles. The molecule has 70 valence electrons. The lowest BCUT2D eigenvalue weighted by molar-refractivity contribution is -0.114. The van der Waals surface area contributed by atoms with Gasteiger partial charge in [0.1, 0.15) is 5.82 Å². The third-order valence-electron chi connectivity index (χ3n) is 1.30. The van der Waals surface area contributed by atoms with E-state index < -0.39 is 0 Å². The van der Waals surface area contributed by atoms with Crippen molar-refractivity contribution >= 4 is 17.8 Å². The Morgan fingerprint density at radius 2 is 2.00 bits per heavy atom. The number of carbonyl (C=O) groups is 2. The van der Waals surface area contributed by atoms with Crippen molar-refractivity contribution in [2.24, 2.45) is 0 Å². The molecule has 6 nitrogen and oxygen atoms in total.